The van der Waals surface area contributed by atoms with Crippen LogP contribution in [0.25, 0.3) is 0 Å². The van der Waals surface area contributed by atoms with Crippen molar-refractivity contribution in [1.29, 1.82) is 0 Å². The van der Waals surface area contributed by atoms with Gasteiger partial charge in [-0.25, -0.2) is 4.79 Å². The minimum Gasteiger partial charge on any atom is -0.431 e. The van der Waals surface area contributed by atoms with Gasteiger partial charge in [-0.15, -0.1) is 0 Å². The number of ether oxygens (including phenoxy) is 2. The van der Waals surface area contributed by atoms with Crippen molar-refractivity contribution in [2.75, 3.05) is 19.9 Å². The van der Waals surface area contributed by atoms with E-state index in [2.05, 4.69) is 11.3 Å². The molecule has 1 amide bonds. The van der Waals surface area contributed by atoms with E-state index in [0.717, 1.165) is 12.3 Å². The zero-order valence-electron chi connectivity index (χ0n) is 7.64. The summed E-state index contributed by atoms with van der Waals surface area (Å²) in [6.45, 7) is 4.62. The van der Waals surface area contributed by atoms with Crippen LogP contribution in [0, 0.1) is 0 Å². The summed E-state index contributed by atoms with van der Waals surface area (Å²) in [5, 5.41) is 0. The normalized spacial score (nSPS) is 15.9. The molecule has 76 valence electrons. The van der Waals surface area contributed by atoms with Gasteiger partial charge in [0.15, 0.2) is 0 Å². The average molecular weight is 197 g/mol. The van der Waals surface area contributed by atoms with Crippen molar-refractivity contribution in [3.63, 3.8) is 0 Å². The predicted molar refractivity (Wildman–Crippen MR) is 48.0 cm³/mol. The van der Waals surface area contributed by atoms with Gasteiger partial charge in [0.25, 0.3) is 5.91 Å². The van der Waals surface area contributed by atoms with Crippen molar-refractivity contribution in [2.45, 2.75) is 0 Å². The number of carbonyl (C=O) groups is 2. The number of amides is 1. The summed E-state index contributed by atoms with van der Waals surface area (Å²) >= 11 is 0. The first-order valence-corrected chi connectivity index (χ1v) is 4.10. The van der Waals surface area contributed by atoms with E-state index in [1.165, 1.54) is 11.0 Å². The number of esters is 1. The third kappa shape index (κ3) is 3.02. The Morgan fingerprint density at radius 1 is 1.50 bits per heavy atom. The van der Waals surface area contributed by atoms with Gasteiger partial charge >= 0.3 is 5.97 Å². The highest BCUT2D eigenvalue weighted by Gasteiger charge is 2.15. The number of rotatable bonds is 3. The van der Waals surface area contributed by atoms with Crippen LogP contribution in [0.3, 0.4) is 0 Å². The van der Waals surface area contributed by atoms with Crippen molar-refractivity contribution in [3.05, 3.63) is 25.0 Å². The second kappa shape index (κ2) is 5.18. The van der Waals surface area contributed by atoms with Gasteiger partial charge in [0.1, 0.15) is 13.0 Å². The van der Waals surface area contributed by atoms with Crippen LogP contribution in [0.15, 0.2) is 25.0 Å². The molecule has 14 heavy (non-hydrogen) atoms. The average Bonchev–Trinajstić information content (AvgIpc) is 2.70. The van der Waals surface area contributed by atoms with Crippen LogP contribution >= 0.6 is 0 Å². The lowest BCUT2D eigenvalue weighted by atomic mass is 10.5. The molecule has 0 aromatic heterocycles. The fraction of sp³-hybridized carbons (Fsp3) is 0.333. The van der Waals surface area contributed by atoms with Gasteiger partial charge < -0.3 is 14.4 Å². The first-order chi connectivity index (χ1) is 6.74. The Morgan fingerprint density at radius 2 is 2.29 bits per heavy atom. The maximum absolute atomic E-state index is 11.3. The molecule has 1 aliphatic rings. The highest BCUT2D eigenvalue weighted by Crippen LogP contribution is 1.99. The van der Waals surface area contributed by atoms with Crippen LogP contribution in [0.2, 0.25) is 0 Å². The van der Waals surface area contributed by atoms with Gasteiger partial charge in [0.05, 0.1) is 6.61 Å². The molecule has 1 fully saturated rings. The van der Waals surface area contributed by atoms with Crippen LogP contribution in [-0.2, 0) is 19.1 Å². The van der Waals surface area contributed by atoms with E-state index >= 15 is 0 Å². The lowest BCUT2D eigenvalue weighted by Crippen LogP contribution is -2.26. The summed E-state index contributed by atoms with van der Waals surface area (Å²) in [5.74, 6) is -0.828. The summed E-state index contributed by atoms with van der Waals surface area (Å²) in [6.07, 6.45) is 3.24. The smallest absolute Gasteiger partial charge is 0.334 e. The van der Waals surface area contributed by atoms with Gasteiger partial charge in [0, 0.05) is 18.7 Å². The van der Waals surface area contributed by atoms with E-state index in [0.29, 0.717) is 19.9 Å². The van der Waals surface area contributed by atoms with E-state index in [1.807, 2.05) is 0 Å². The highest BCUT2D eigenvalue weighted by molar-refractivity contribution is 5.88. The molecule has 5 heteroatoms. The van der Waals surface area contributed by atoms with Crippen molar-refractivity contribution in [2.24, 2.45) is 0 Å². The minimum atomic E-state index is -0.591. The molecule has 1 saturated heterocycles. The van der Waals surface area contributed by atoms with Crippen LogP contribution in [0.1, 0.15) is 0 Å². The van der Waals surface area contributed by atoms with Crippen molar-refractivity contribution >= 4 is 11.9 Å². The first-order valence-electron chi connectivity index (χ1n) is 4.10. The summed E-state index contributed by atoms with van der Waals surface area (Å²) < 4.78 is 9.47. The largest absolute Gasteiger partial charge is 0.431 e. The zero-order valence-corrected chi connectivity index (χ0v) is 7.64. The van der Waals surface area contributed by atoms with Crippen LogP contribution < -0.4 is 0 Å². The van der Waals surface area contributed by atoms with Crippen LogP contribution in [0.5, 0.6) is 0 Å². The van der Waals surface area contributed by atoms with Gasteiger partial charge in [-0.05, 0) is 0 Å². The Bertz CT molecular complexity index is 266. The second-order valence-electron chi connectivity index (χ2n) is 2.58. The molecule has 0 spiro atoms. The van der Waals surface area contributed by atoms with E-state index in [-0.39, 0.29) is 5.91 Å². The van der Waals surface area contributed by atoms with Gasteiger partial charge in [-0.3, -0.25) is 4.79 Å². The van der Waals surface area contributed by atoms with E-state index < -0.39 is 5.97 Å². The number of carbonyl (C=O) groups excluding carboxylic acids is 2. The van der Waals surface area contributed by atoms with Gasteiger partial charge in [-0.1, -0.05) is 6.58 Å². The van der Waals surface area contributed by atoms with E-state index in [9.17, 15) is 9.59 Å². The Kier molecular flexibility index (Phi) is 3.87. The molecule has 5 nitrogen and oxygen atoms in total. The molecule has 0 bridgehead atoms. The third-order valence-corrected chi connectivity index (χ3v) is 1.63. The molecule has 1 aliphatic heterocycles. The molecule has 0 unspecified atom stereocenters. The Hall–Kier alpha value is -1.62. The first kappa shape index (κ1) is 10.5. The summed E-state index contributed by atoms with van der Waals surface area (Å²) in [6, 6.07) is 0. The van der Waals surface area contributed by atoms with E-state index in [4.69, 9.17) is 4.74 Å². The van der Waals surface area contributed by atoms with Crippen molar-refractivity contribution in [3.8, 4) is 0 Å². The Labute approximate surface area is 81.6 Å². The molecule has 0 aliphatic carbocycles. The van der Waals surface area contributed by atoms with E-state index in [1.54, 1.807) is 0 Å². The monoisotopic (exact) mass is 197 g/mol. The molecule has 0 aromatic carbocycles. The number of hydrogen-bond acceptors (Lipinski definition) is 4. The second-order valence-corrected chi connectivity index (χ2v) is 2.58. The molecule has 0 radical (unpaired) electrons. The van der Waals surface area contributed by atoms with Crippen molar-refractivity contribution < 1.29 is 19.1 Å². The number of nitrogens with zero attached hydrogens (tertiary/aromatic N) is 1. The molecule has 0 aromatic rings. The maximum Gasteiger partial charge on any atom is 0.334 e. The van der Waals surface area contributed by atoms with Crippen LogP contribution in [-0.4, -0.2) is 36.7 Å². The zero-order chi connectivity index (χ0) is 10.4. The fourth-order valence-electron chi connectivity index (χ4n) is 0.901. The molecule has 1 rings (SSSR count). The molecule has 0 N–H and O–H groups in total. The lowest BCUT2D eigenvalue weighted by Gasteiger charge is -2.09. The van der Waals surface area contributed by atoms with Crippen LogP contribution in [0.4, 0.5) is 0 Å². The summed E-state index contributed by atoms with van der Waals surface area (Å²) in [4.78, 5) is 23.3. The lowest BCUT2D eigenvalue weighted by molar-refractivity contribution is -0.132. The Morgan fingerprint density at radius 3 is 2.86 bits per heavy atom. The maximum atomic E-state index is 11.3. The molecule has 0 atom stereocenters. The standard InChI is InChI=1S/C9H11NO4/c1-2-9(12)14-5-3-8(11)10-4-6-13-7-10/h2-3,5H,1,4,6-7H2. The molecular formula is C9H11NO4. The summed E-state index contributed by atoms with van der Waals surface area (Å²) in [5.41, 5.74) is 0. The Balaban J connectivity index is 2.31. The molecule has 1 heterocycles. The van der Waals surface area contributed by atoms with Gasteiger partial charge in [-0.2, -0.15) is 0 Å². The third-order valence-electron chi connectivity index (χ3n) is 1.63. The van der Waals surface area contributed by atoms with Gasteiger partial charge in [0.2, 0.25) is 0 Å². The molecule has 0 saturated carbocycles. The minimum absolute atomic E-state index is 0.237. The molecular weight excluding hydrogens is 186 g/mol. The van der Waals surface area contributed by atoms with Crippen molar-refractivity contribution in [1.82, 2.24) is 4.90 Å². The predicted octanol–water partition coefficient (Wildman–Crippen LogP) is 0.0456. The summed E-state index contributed by atoms with van der Waals surface area (Å²) in [7, 11) is 0. The highest BCUT2D eigenvalue weighted by atomic mass is 16.5. The quantitative estimate of drug-likeness (QED) is 0.364. The fourth-order valence-corrected chi connectivity index (χ4v) is 0.901. The SMILES string of the molecule is C=CC(=O)OC=CC(=O)N1CCOC1. The topological polar surface area (TPSA) is 55.8 Å². The number of hydrogen-bond donors (Lipinski definition) is 0.